The lowest BCUT2D eigenvalue weighted by Gasteiger charge is -2.32. The lowest BCUT2D eigenvalue weighted by Crippen LogP contribution is -2.36. The number of ether oxygens (including phenoxy) is 2. The Balaban J connectivity index is 1.36. The molecule has 0 saturated carbocycles. The lowest BCUT2D eigenvalue weighted by atomic mass is 9.97. The van der Waals surface area contributed by atoms with Crippen molar-refractivity contribution in [2.45, 2.75) is 65.3 Å². The van der Waals surface area contributed by atoms with E-state index in [1.165, 1.54) is 4.57 Å². The largest absolute Gasteiger partial charge is 0.493 e. The van der Waals surface area contributed by atoms with E-state index >= 15 is 0 Å². The Morgan fingerprint density at radius 1 is 1.12 bits per heavy atom. The highest BCUT2D eigenvalue weighted by molar-refractivity contribution is 6.76. The van der Waals surface area contributed by atoms with E-state index in [9.17, 15) is 18.0 Å². The number of hydrogen-bond acceptors (Lipinski definition) is 6. The van der Waals surface area contributed by atoms with Crippen molar-refractivity contribution < 1.29 is 27.4 Å². The third-order valence-corrected chi connectivity index (χ3v) is 9.01. The molecule has 0 bridgehead atoms. The van der Waals surface area contributed by atoms with Gasteiger partial charge in [0, 0.05) is 51.3 Å². The van der Waals surface area contributed by atoms with Gasteiger partial charge in [-0.1, -0.05) is 31.8 Å². The van der Waals surface area contributed by atoms with Gasteiger partial charge in [0.05, 0.1) is 6.61 Å². The number of imidazole rings is 1. The highest BCUT2D eigenvalue weighted by atomic mass is 28.3. The van der Waals surface area contributed by atoms with Gasteiger partial charge in [-0.25, -0.2) is 9.97 Å². The van der Waals surface area contributed by atoms with E-state index in [2.05, 4.69) is 34.5 Å². The maximum Gasteiger partial charge on any atom is 0.434 e. The maximum absolute atomic E-state index is 13.4. The molecule has 1 aliphatic rings. The van der Waals surface area contributed by atoms with Gasteiger partial charge < -0.3 is 18.9 Å². The molecule has 1 aliphatic heterocycles. The Bertz CT molecular complexity index is 1330. The second-order valence-electron chi connectivity index (χ2n) is 11.9. The summed E-state index contributed by atoms with van der Waals surface area (Å²) in [5.74, 6) is 2.09. The molecular formula is C30H39F3N4O3Si. The monoisotopic (exact) mass is 588 g/mol. The van der Waals surface area contributed by atoms with Crippen LogP contribution in [0.1, 0.15) is 41.4 Å². The molecule has 1 fully saturated rings. The number of alkyl halides is 3. The number of rotatable bonds is 11. The number of Topliss-reactive ketones (excluding diaryl/α,β-unsaturated/α-hetero) is 1. The van der Waals surface area contributed by atoms with Crippen molar-refractivity contribution in [1.29, 1.82) is 0 Å². The molecule has 0 N–H and O–H groups in total. The number of carbonyl (C=O) groups excluding carboxylic acids is 1. The van der Waals surface area contributed by atoms with Crippen molar-refractivity contribution in [2.75, 3.05) is 31.2 Å². The molecule has 0 spiro atoms. The van der Waals surface area contributed by atoms with Gasteiger partial charge in [0.25, 0.3) is 0 Å². The lowest BCUT2D eigenvalue weighted by molar-refractivity contribution is -0.141. The van der Waals surface area contributed by atoms with Crippen molar-refractivity contribution >= 4 is 19.7 Å². The first kappa shape index (κ1) is 30.8. The van der Waals surface area contributed by atoms with Crippen molar-refractivity contribution in [3.05, 3.63) is 59.5 Å². The molecule has 3 heterocycles. The molecule has 222 valence electrons. The number of pyridine rings is 1. The smallest absolute Gasteiger partial charge is 0.434 e. The Morgan fingerprint density at radius 2 is 1.85 bits per heavy atom. The summed E-state index contributed by atoms with van der Waals surface area (Å²) in [5, 5.41) is 0. The van der Waals surface area contributed by atoms with E-state index < -0.39 is 19.9 Å². The molecule has 1 saturated heterocycles. The SMILES string of the molecule is CC(=O)c1ccc(C)c(OCC2CCN(c3ccc(-c4nc(C(F)(F)F)cn4COCC[Si](C)(C)C)cn3)CC2)c1. The van der Waals surface area contributed by atoms with Crippen LogP contribution in [0.5, 0.6) is 5.75 Å². The zero-order valence-corrected chi connectivity index (χ0v) is 25.4. The molecule has 4 rings (SSSR count). The summed E-state index contributed by atoms with van der Waals surface area (Å²) < 4.78 is 53.5. The fourth-order valence-corrected chi connectivity index (χ4v) is 5.40. The van der Waals surface area contributed by atoms with Gasteiger partial charge in [-0.2, -0.15) is 13.2 Å². The summed E-state index contributed by atoms with van der Waals surface area (Å²) in [4.78, 5) is 22.3. The Morgan fingerprint density at radius 3 is 2.46 bits per heavy atom. The summed E-state index contributed by atoms with van der Waals surface area (Å²) >= 11 is 0. The van der Waals surface area contributed by atoms with Gasteiger partial charge in [0.15, 0.2) is 11.5 Å². The molecule has 1 aromatic carbocycles. The van der Waals surface area contributed by atoms with Gasteiger partial charge in [-0.05, 0) is 62.4 Å². The van der Waals surface area contributed by atoms with Crippen molar-refractivity contribution in [2.24, 2.45) is 5.92 Å². The van der Waals surface area contributed by atoms with Crippen LogP contribution in [0.3, 0.4) is 0 Å². The van der Waals surface area contributed by atoms with Crippen LogP contribution in [-0.2, 0) is 17.6 Å². The van der Waals surface area contributed by atoms with Crippen LogP contribution < -0.4 is 9.64 Å². The number of anilines is 1. The maximum atomic E-state index is 13.4. The van der Waals surface area contributed by atoms with Crippen molar-refractivity contribution in [1.82, 2.24) is 14.5 Å². The van der Waals surface area contributed by atoms with Crippen molar-refractivity contribution in [3.8, 4) is 17.1 Å². The highest BCUT2D eigenvalue weighted by Crippen LogP contribution is 2.32. The third kappa shape index (κ3) is 8.42. The summed E-state index contributed by atoms with van der Waals surface area (Å²) in [7, 11) is -1.32. The third-order valence-electron chi connectivity index (χ3n) is 7.31. The van der Waals surface area contributed by atoms with E-state index in [0.717, 1.165) is 55.3 Å². The number of hydrogen-bond donors (Lipinski definition) is 0. The minimum Gasteiger partial charge on any atom is -0.493 e. The average Bonchev–Trinajstić information content (AvgIpc) is 3.35. The Kier molecular flexibility index (Phi) is 9.58. The topological polar surface area (TPSA) is 69.5 Å². The van der Waals surface area contributed by atoms with Gasteiger partial charge in [-0.3, -0.25) is 4.79 Å². The number of piperidine rings is 1. The predicted octanol–water partition coefficient (Wildman–Crippen LogP) is 7.08. The van der Waals surface area contributed by atoms with E-state index in [0.29, 0.717) is 30.3 Å². The van der Waals surface area contributed by atoms with E-state index in [-0.39, 0.29) is 18.3 Å². The second kappa shape index (κ2) is 12.8. The van der Waals surface area contributed by atoms with E-state index in [4.69, 9.17) is 9.47 Å². The number of aromatic nitrogens is 3. The molecule has 2 aromatic heterocycles. The predicted molar refractivity (Wildman–Crippen MR) is 156 cm³/mol. The molecule has 3 aromatic rings. The van der Waals surface area contributed by atoms with Gasteiger partial charge in [0.1, 0.15) is 24.1 Å². The van der Waals surface area contributed by atoms with Gasteiger partial charge >= 0.3 is 6.18 Å². The summed E-state index contributed by atoms with van der Waals surface area (Å²) in [5.41, 5.74) is 1.20. The minimum absolute atomic E-state index is 0.00119. The van der Waals surface area contributed by atoms with Crippen LogP contribution in [0.25, 0.3) is 11.4 Å². The number of nitrogens with zero attached hydrogens (tertiary/aromatic N) is 4. The summed E-state index contributed by atoms with van der Waals surface area (Å²) in [6.45, 7) is 12.8. The molecule has 41 heavy (non-hydrogen) atoms. The molecule has 11 heteroatoms. The van der Waals surface area contributed by atoms with E-state index in [1.54, 1.807) is 25.3 Å². The van der Waals surface area contributed by atoms with Crippen LogP contribution in [0.4, 0.5) is 19.0 Å². The van der Waals surface area contributed by atoms with Crippen LogP contribution >= 0.6 is 0 Å². The molecule has 0 atom stereocenters. The van der Waals surface area contributed by atoms with Crippen LogP contribution in [0, 0.1) is 12.8 Å². The zero-order valence-electron chi connectivity index (χ0n) is 24.4. The van der Waals surface area contributed by atoms with Crippen molar-refractivity contribution in [3.63, 3.8) is 0 Å². The zero-order chi connectivity index (χ0) is 29.8. The van der Waals surface area contributed by atoms with Crippen LogP contribution in [-0.4, -0.2) is 54.7 Å². The minimum atomic E-state index is -4.55. The molecule has 0 amide bonds. The number of carbonyl (C=O) groups is 1. The Hall–Kier alpha value is -3.18. The first-order valence-corrected chi connectivity index (χ1v) is 17.7. The van der Waals surface area contributed by atoms with Gasteiger partial charge in [0.2, 0.25) is 0 Å². The fourth-order valence-electron chi connectivity index (χ4n) is 4.64. The van der Waals surface area contributed by atoms with Gasteiger partial charge in [-0.15, -0.1) is 0 Å². The number of ketones is 1. The first-order chi connectivity index (χ1) is 19.3. The fraction of sp³-hybridized carbons (Fsp3) is 0.500. The molecule has 0 radical (unpaired) electrons. The number of aryl methyl sites for hydroxylation is 1. The summed E-state index contributed by atoms with van der Waals surface area (Å²) in [6, 6.07) is 10.1. The van der Waals surface area contributed by atoms with Crippen LogP contribution in [0.15, 0.2) is 42.7 Å². The first-order valence-electron chi connectivity index (χ1n) is 14.0. The quantitative estimate of drug-likeness (QED) is 0.135. The molecule has 0 unspecified atom stereocenters. The summed E-state index contributed by atoms with van der Waals surface area (Å²) in [6.07, 6.45) is -0.126. The molecule has 7 nitrogen and oxygen atoms in total. The Labute approximate surface area is 240 Å². The second-order valence-corrected chi connectivity index (χ2v) is 17.6. The highest BCUT2D eigenvalue weighted by Gasteiger charge is 2.35. The molecule has 0 aliphatic carbocycles. The standard InChI is InChI=1S/C30H39F3N4O3Si/c1-21-6-7-24(22(2)38)16-26(21)40-19-23-10-12-36(13-11-23)28-9-8-25(17-34-28)29-35-27(30(31,32)33)18-37(29)20-39-14-15-41(3,4)5/h6-9,16-18,23H,10-15,19-20H2,1-5H3. The van der Waals surface area contributed by atoms with E-state index in [1.807, 2.05) is 25.1 Å². The number of halogens is 3. The van der Waals surface area contributed by atoms with Crippen LogP contribution in [0.2, 0.25) is 25.7 Å². The normalized spacial score (nSPS) is 14.9. The molecular weight excluding hydrogens is 549 g/mol. The average molecular weight is 589 g/mol. The number of benzene rings is 1.